The average molecular weight is 403 g/mol. The second-order valence-corrected chi connectivity index (χ2v) is 5.80. The van der Waals surface area contributed by atoms with E-state index in [0.29, 0.717) is 11.1 Å². The third-order valence-corrected chi connectivity index (χ3v) is 4.22. The van der Waals surface area contributed by atoms with E-state index in [1.54, 1.807) is 24.3 Å². The minimum Gasteiger partial charge on any atom is -0.465 e. The van der Waals surface area contributed by atoms with Crippen molar-refractivity contribution in [3.8, 4) is 0 Å². The van der Waals surface area contributed by atoms with Gasteiger partial charge in [-0.1, -0.05) is 35.3 Å². The van der Waals surface area contributed by atoms with Gasteiger partial charge in [-0.2, -0.15) is 10.1 Å². The fourth-order valence-electron chi connectivity index (χ4n) is 1.77. The van der Waals surface area contributed by atoms with Gasteiger partial charge in [0.2, 0.25) is 0 Å². The van der Waals surface area contributed by atoms with Gasteiger partial charge in [0.05, 0.1) is 24.6 Å². The third-order valence-electron chi connectivity index (χ3n) is 3.06. The lowest BCUT2D eigenvalue weighted by Crippen LogP contribution is -2.28. The van der Waals surface area contributed by atoms with E-state index in [0.717, 1.165) is 0 Å². The van der Waals surface area contributed by atoms with Crippen molar-refractivity contribution in [2.24, 2.45) is 5.10 Å². The van der Waals surface area contributed by atoms with Crippen LogP contribution in [-0.2, 0) is 4.74 Å². The molecule has 1 aromatic heterocycles. The Balaban J connectivity index is 2.10. The van der Waals surface area contributed by atoms with Crippen LogP contribution in [0.25, 0.3) is 0 Å². The Morgan fingerprint density at radius 3 is 2.44 bits per heavy atom. The van der Waals surface area contributed by atoms with Crippen LogP contribution in [-0.4, -0.2) is 25.2 Å². The van der Waals surface area contributed by atoms with Crippen molar-refractivity contribution < 1.29 is 19.3 Å². The molecule has 0 saturated heterocycles. The molecule has 1 amide bonds. The van der Waals surface area contributed by atoms with Crippen LogP contribution in [0.4, 0.5) is 5.69 Å². The zero-order valence-corrected chi connectivity index (χ0v) is 15.0. The number of hydrogen-bond acceptors (Lipinski definition) is 5. The summed E-state index contributed by atoms with van der Waals surface area (Å²) in [6.07, 6.45) is 1.38. The molecule has 0 radical (unpaired) electrons. The smallest absolute Gasteiger partial charge is 0.337 e. The summed E-state index contributed by atoms with van der Waals surface area (Å²) in [5, 5.41) is 3.74. The second kappa shape index (κ2) is 8.15. The predicted molar refractivity (Wildman–Crippen MR) is 95.3 cm³/mol. The molecular weight excluding hydrogens is 391 g/mol. The van der Waals surface area contributed by atoms with Crippen LogP contribution in [0, 0.1) is 0 Å². The number of amides is 1. The molecule has 0 unspecified atom stereocenters. The highest BCUT2D eigenvalue weighted by atomic mass is 35.5. The number of aromatic nitrogens is 1. The Bertz CT molecular complexity index is 854. The Morgan fingerprint density at radius 2 is 1.84 bits per heavy atom. The van der Waals surface area contributed by atoms with Crippen molar-refractivity contribution in [2.75, 3.05) is 12.8 Å². The molecule has 1 aromatic carbocycles. The van der Waals surface area contributed by atoms with Crippen molar-refractivity contribution in [3.05, 3.63) is 56.3 Å². The number of esters is 1. The molecule has 7 nitrogen and oxygen atoms in total. The van der Waals surface area contributed by atoms with E-state index >= 15 is 0 Å². The zero-order valence-electron chi connectivity index (χ0n) is 12.8. The van der Waals surface area contributed by atoms with Crippen LogP contribution < -0.4 is 16.1 Å². The number of nitrogens with zero attached hydrogens (tertiary/aromatic N) is 1. The number of H-pyrrole nitrogens is 1. The Labute approximate surface area is 157 Å². The third kappa shape index (κ3) is 4.39. The predicted octanol–water partition coefficient (Wildman–Crippen LogP) is 2.59. The van der Waals surface area contributed by atoms with E-state index in [9.17, 15) is 9.59 Å². The lowest BCUT2D eigenvalue weighted by molar-refractivity contribution is -0.379. The molecule has 4 N–H and O–H groups in total. The number of hydrogen-bond donors (Lipinski definition) is 2. The average Bonchev–Trinajstić information content (AvgIpc) is 2.62. The van der Waals surface area contributed by atoms with Gasteiger partial charge >= 0.3 is 11.9 Å². The molecular formula is C15H12Cl3N4O3+. The summed E-state index contributed by atoms with van der Waals surface area (Å²) in [6.45, 7) is 0. The van der Waals surface area contributed by atoms with Crippen LogP contribution in [0.3, 0.4) is 0 Å². The van der Waals surface area contributed by atoms with Crippen molar-refractivity contribution in [3.63, 3.8) is 0 Å². The number of pyridine rings is 1. The fourth-order valence-corrected chi connectivity index (χ4v) is 2.38. The summed E-state index contributed by atoms with van der Waals surface area (Å²) < 4.78 is 4.60. The van der Waals surface area contributed by atoms with E-state index in [1.165, 1.54) is 13.3 Å². The molecule has 0 aliphatic heterocycles. The number of benzene rings is 1. The van der Waals surface area contributed by atoms with Gasteiger partial charge in [-0.3, -0.25) is 4.79 Å². The van der Waals surface area contributed by atoms with E-state index < -0.39 is 11.9 Å². The quantitative estimate of drug-likeness (QED) is 0.354. The molecule has 0 saturated carbocycles. The van der Waals surface area contributed by atoms with Crippen molar-refractivity contribution in [2.45, 2.75) is 0 Å². The molecule has 10 heteroatoms. The largest absolute Gasteiger partial charge is 0.465 e. The number of ether oxygens (including phenoxy) is 1. The first-order chi connectivity index (χ1) is 11.8. The monoisotopic (exact) mass is 401 g/mol. The number of halogens is 3. The van der Waals surface area contributed by atoms with Crippen LogP contribution in [0.15, 0.2) is 29.4 Å². The Hall–Kier alpha value is -2.35. The summed E-state index contributed by atoms with van der Waals surface area (Å²) >= 11 is 17.6. The zero-order chi connectivity index (χ0) is 18.6. The number of nitrogen functional groups attached to an aromatic ring is 1. The number of nitrogens with one attached hydrogen (secondary N) is 2. The lowest BCUT2D eigenvalue weighted by atomic mass is 10.1. The van der Waals surface area contributed by atoms with Crippen LogP contribution in [0.5, 0.6) is 0 Å². The Morgan fingerprint density at radius 1 is 1.20 bits per heavy atom. The molecule has 0 spiro atoms. The first-order valence-corrected chi connectivity index (χ1v) is 7.85. The first-order valence-electron chi connectivity index (χ1n) is 6.72. The fraction of sp³-hybridized carbons (Fsp3) is 0.0667. The normalized spacial score (nSPS) is 10.7. The molecule has 1 heterocycles. The lowest BCUT2D eigenvalue weighted by Gasteiger charge is -2.02. The number of rotatable bonds is 4. The van der Waals surface area contributed by atoms with Crippen molar-refractivity contribution in [1.29, 1.82) is 0 Å². The van der Waals surface area contributed by atoms with Gasteiger partial charge in [0.25, 0.3) is 10.8 Å². The molecule has 0 atom stereocenters. The van der Waals surface area contributed by atoms with Gasteiger partial charge in [0, 0.05) is 0 Å². The molecule has 25 heavy (non-hydrogen) atoms. The van der Waals surface area contributed by atoms with Gasteiger partial charge in [0.15, 0.2) is 0 Å². The highest BCUT2D eigenvalue weighted by Gasteiger charge is 2.25. The van der Waals surface area contributed by atoms with Crippen molar-refractivity contribution >= 4 is 58.6 Å². The number of anilines is 1. The summed E-state index contributed by atoms with van der Waals surface area (Å²) in [7, 11) is 1.30. The Kier molecular flexibility index (Phi) is 6.19. The molecule has 2 rings (SSSR count). The van der Waals surface area contributed by atoms with E-state index in [1.807, 2.05) is 0 Å². The van der Waals surface area contributed by atoms with Crippen LogP contribution >= 0.6 is 34.8 Å². The molecule has 0 aliphatic carbocycles. The van der Waals surface area contributed by atoms with E-state index in [4.69, 9.17) is 40.5 Å². The van der Waals surface area contributed by atoms with E-state index in [-0.39, 0.29) is 26.6 Å². The molecule has 130 valence electrons. The summed E-state index contributed by atoms with van der Waals surface area (Å²) in [6, 6.07) is 6.41. The molecule has 2 aromatic rings. The molecule has 0 bridgehead atoms. The number of methoxy groups -OCH3 is 1. The van der Waals surface area contributed by atoms with Gasteiger partial charge in [0.1, 0.15) is 10.0 Å². The summed E-state index contributed by atoms with van der Waals surface area (Å²) in [5.74, 6) is -1.10. The maximum atomic E-state index is 12.1. The van der Waals surface area contributed by atoms with Gasteiger partial charge in [-0.05, 0) is 29.3 Å². The number of hydrazone groups is 1. The topological polar surface area (TPSA) is 108 Å². The minimum absolute atomic E-state index is 0.0142. The SMILES string of the molecule is COC(=O)c1ccc(/C=N\NC(=O)c2[nH+]c(Cl)c(Cl)c(N)c2Cl)cc1. The number of aromatic amines is 1. The van der Waals surface area contributed by atoms with Crippen LogP contribution in [0.1, 0.15) is 26.4 Å². The number of carbonyl (C=O) groups excluding carboxylic acids is 2. The van der Waals surface area contributed by atoms with Crippen molar-refractivity contribution in [1.82, 2.24) is 5.43 Å². The highest BCUT2D eigenvalue weighted by Crippen LogP contribution is 2.31. The standard InChI is InChI=1S/C15H11Cl3N4O3/c1-25-15(24)8-4-2-7(3-5-8)6-20-22-14(23)12-9(16)11(19)10(17)13(18)21-12/h2-6H,1H3,(H2,19,21)(H,22,23)/p+1/b20-6-. The molecule has 0 fully saturated rings. The highest BCUT2D eigenvalue weighted by molar-refractivity contribution is 6.45. The maximum absolute atomic E-state index is 12.1. The first kappa shape index (κ1) is 19.0. The summed E-state index contributed by atoms with van der Waals surface area (Å²) in [5.41, 5.74) is 8.90. The maximum Gasteiger partial charge on any atom is 0.337 e. The minimum atomic E-state index is -0.655. The van der Waals surface area contributed by atoms with E-state index in [2.05, 4.69) is 20.2 Å². The summed E-state index contributed by atoms with van der Waals surface area (Å²) in [4.78, 5) is 26.0. The van der Waals surface area contributed by atoms with Gasteiger partial charge in [-0.25, -0.2) is 10.2 Å². The van der Waals surface area contributed by atoms with Crippen LogP contribution in [0.2, 0.25) is 15.2 Å². The van der Waals surface area contributed by atoms with Gasteiger partial charge < -0.3 is 10.5 Å². The number of nitrogens with two attached hydrogens (primary N) is 1. The molecule has 0 aliphatic rings. The van der Waals surface area contributed by atoms with Gasteiger partial charge in [-0.15, -0.1) is 0 Å². The number of carbonyl (C=O) groups is 2. The second-order valence-electron chi connectivity index (χ2n) is 4.67.